The van der Waals surface area contributed by atoms with Crippen LogP contribution in [-0.2, 0) is 4.79 Å². The minimum absolute atomic E-state index is 0.363. The fourth-order valence-electron chi connectivity index (χ4n) is 3.83. The molecule has 7 nitrogen and oxygen atoms in total. The lowest BCUT2D eigenvalue weighted by molar-refractivity contribution is -0.139. The van der Waals surface area contributed by atoms with E-state index in [1.807, 2.05) is 18.2 Å². The van der Waals surface area contributed by atoms with Crippen molar-refractivity contribution in [2.24, 2.45) is 5.73 Å². The molecule has 0 radical (unpaired) electrons. The van der Waals surface area contributed by atoms with Crippen LogP contribution in [0.4, 0.5) is 0 Å². The van der Waals surface area contributed by atoms with Crippen LogP contribution in [0.25, 0.3) is 22.4 Å². The number of benzene rings is 2. The maximum atomic E-state index is 11.5. The van der Waals surface area contributed by atoms with Crippen LogP contribution in [0.3, 0.4) is 0 Å². The highest BCUT2D eigenvalue weighted by Gasteiger charge is 2.23. The summed E-state index contributed by atoms with van der Waals surface area (Å²) in [4.78, 5) is 27.0. The van der Waals surface area contributed by atoms with E-state index < -0.39 is 11.9 Å². The fourth-order valence-corrected chi connectivity index (χ4v) is 3.83. The van der Waals surface area contributed by atoms with E-state index in [4.69, 9.17) is 20.6 Å². The number of amides is 1. The Balaban J connectivity index is 1.77. The van der Waals surface area contributed by atoms with E-state index in [1.54, 1.807) is 24.3 Å². The van der Waals surface area contributed by atoms with Crippen LogP contribution in [0.15, 0.2) is 42.5 Å². The third-order valence-electron chi connectivity index (χ3n) is 5.14. The van der Waals surface area contributed by atoms with Crippen molar-refractivity contribution >= 4 is 22.9 Å². The quantitative estimate of drug-likeness (QED) is 0.683. The minimum atomic E-state index is -1.02. The summed E-state index contributed by atoms with van der Waals surface area (Å²) in [5.74, 6) is -0.171. The molecule has 1 aliphatic rings. The summed E-state index contributed by atoms with van der Waals surface area (Å²) in [6.07, 6.45) is 4.56. The maximum absolute atomic E-state index is 11.5. The second-order valence-corrected chi connectivity index (χ2v) is 7.02. The predicted molar refractivity (Wildman–Crippen MR) is 104 cm³/mol. The number of hydrogen-bond donors (Lipinski definition) is 2. The number of nitrogens with two attached hydrogens (primary N) is 1. The molecule has 4 rings (SSSR count). The number of carbonyl (C=O) groups excluding carboxylic acids is 1. The van der Waals surface area contributed by atoms with Crippen LogP contribution in [-0.4, -0.2) is 33.1 Å². The smallest absolute Gasteiger partial charge is 0.341 e. The van der Waals surface area contributed by atoms with Gasteiger partial charge in [0.15, 0.2) is 6.61 Å². The summed E-state index contributed by atoms with van der Waals surface area (Å²) in [5, 5.41) is 8.74. The fraction of sp³-hybridized carbons (Fsp3) is 0.286. The Bertz CT molecular complexity index is 1030. The van der Waals surface area contributed by atoms with Crippen molar-refractivity contribution in [1.82, 2.24) is 9.55 Å². The summed E-state index contributed by atoms with van der Waals surface area (Å²) < 4.78 is 7.46. The zero-order valence-corrected chi connectivity index (χ0v) is 15.3. The number of fused-ring (bicyclic) bond motifs is 1. The Kier molecular flexibility index (Phi) is 4.73. The Morgan fingerprint density at radius 3 is 2.50 bits per heavy atom. The van der Waals surface area contributed by atoms with Crippen LogP contribution in [0, 0.1) is 0 Å². The van der Waals surface area contributed by atoms with Crippen LogP contribution in [0.2, 0.25) is 0 Å². The minimum Gasteiger partial charge on any atom is -0.482 e. The Labute approximate surface area is 161 Å². The van der Waals surface area contributed by atoms with E-state index in [2.05, 4.69) is 4.57 Å². The summed E-state index contributed by atoms with van der Waals surface area (Å²) >= 11 is 0. The van der Waals surface area contributed by atoms with Gasteiger partial charge in [-0.1, -0.05) is 12.8 Å². The third kappa shape index (κ3) is 3.43. The van der Waals surface area contributed by atoms with Gasteiger partial charge in [-0.15, -0.1) is 0 Å². The molecule has 28 heavy (non-hydrogen) atoms. The van der Waals surface area contributed by atoms with E-state index in [1.165, 1.54) is 12.8 Å². The molecule has 7 heteroatoms. The number of ether oxygens (including phenoxy) is 1. The Hall–Kier alpha value is -3.35. The van der Waals surface area contributed by atoms with Gasteiger partial charge in [0.05, 0.1) is 11.0 Å². The van der Waals surface area contributed by atoms with E-state index in [9.17, 15) is 9.59 Å². The molecule has 2 aromatic carbocycles. The van der Waals surface area contributed by atoms with Crippen molar-refractivity contribution in [3.05, 3.63) is 48.0 Å². The zero-order chi connectivity index (χ0) is 19.7. The van der Waals surface area contributed by atoms with Gasteiger partial charge in [-0.2, -0.15) is 0 Å². The average molecular weight is 379 g/mol. The molecule has 0 saturated heterocycles. The first-order valence-corrected chi connectivity index (χ1v) is 9.30. The molecular formula is C21H21N3O4. The van der Waals surface area contributed by atoms with Crippen molar-refractivity contribution in [1.29, 1.82) is 0 Å². The number of nitrogens with zero attached hydrogens (tertiary/aromatic N) is 2. The number of aliphatic carboxylic acids is 1. The molecule has 1 amide bonds. The summed E-state index contributed by atoms with van der Waals surface area (Å²) in [5.41, 5.74) is 8.49. The van der Waals surface area contributed by atoms with Gasteiger partial charge in [0.2, 0.25) is 5.91 Å². The molecule has 0 unspecified atom stereocenters. The van der Waals surface area contributed by atoms with Crippen LogP contribution in [0.1, 0.15) is 42.1 Å². The molecule has 0 aliphatic heterocycles. The van der Waals surface area contributed by atoms with Crippen LogP contribution in [0.5, 0.6) is 5.75 Å². The first-order valence-electron chi connectivity index (χ1n) is 9.30. The molecule has 0 atom stereocenters. The first-order chi connectivity index (χ1) is 13.5. The zero-order valence-electron chi connectivity index (χ0n) is 15.3. The lowest BCUT2D eigenvalue weighted by Crippen LogP contribution is -2.10. The number of hydrogen-bond acceptors (Lipinski definition) is 4. The molecule has 0 bridgehead atoms. The second kappa shape index (κ2) is 7.34. The van der Waals surface area contributed by atoms with E-state index in [0.717, 1.165) is 35.3 Å². The molecule has 3 N–H and O–H groups in total. The van der Waals surface area contributed by atoms with Gasteiger partial charge in [0.25, 0.3) is 0 Å². The summed E-state index contributed by atoms with van der Waals surface area (Å²) in [6, 6.07) is 13.0. The molecule has 3 aromatic rings. The number of primary amides is 1. The number of imidazole rings is 1. The van der Waals surface area contributed by atoms with Crippen LogP contribution >= 0.6 is 0 Å². The van der Waals surface area contributed by atoms with E-state index in [0.29, 0.717) is 17.4 Å². The van der Waals surface area contributed by atoms with Gasteiger partial charge in [0, 0.05) is 17.2 Å². The number of carboxylic acid groups (broad SMARTS) is 1. The molecule has 1 heterocycles. The van der Waals surface area contributed by atoms with Crippen LogP contribution < -0.4 is 10.5 Å². The molecule has 1 fully saturated rings. The highest BCUT2D eigenvalue weighted by Crippen LogP contribution is 2.37. The normalized spacial score (nSPS) is 14.4. The van der Waals surface area contributed by atoms with Crippen molar-refractivity contribution in [2.75, 3.05) is 6.61 Å². The highest BCUT2D eigenvalue weighted by molar-refractivity contribution is 5.96. The Morgan fingerprint density at radius 2 is 1.86 bits per heavy atom. The van der Waals surface area contributed by atoms with Gasteiger partial charge in [-0.25, -0.2) is 9.78 Å². The average Bonchev–Trinajstić information content (AvgIpc) is 3.33. The van der Waals surface area contributed by atoms with Crippen molar-refractivity contribution < 1.29 is 19.4 Å². The predicted octanol–water partition coefficient (Wildman–Crippen LogP) is 3.38. The van der Waals surface area contributed by atoms with Gasteiger partial charge >= 0.3 is 5.97 Å². The molecule has 1 aromatic heterocycles. The van der Waals surface area contributed by atoms with Crippen molar-refractivity contribution in [2.45, 2.75) is 31.7 Å². The van der Waals surface area contributed by atoms with Gasteiger partial charge < -0.3 is 20.1 Å². The van der Waals surface area contributed by atoms with Crippen molar-refractivity contribution in [3.63, 3.8) is 0 Å². The number of rotatable bonds is 6. The molecule has 144 valence electrons. The molecule has 1 aliphatic carbocycles. The van der Waals surface area contributed by atoms with Crippen molar-refractivity contribution in [3.8, 4) is 17.1 Å². The molecule has 0 spiro atoms. The number of carboxylic acids is 1. The largest absolute Gasteiger partial charge is 0.482 e. The summed E-state index contributed by atoms with van der Waals surface area (Å²) in [7, 11) is 0. The standard InChI is InChI=1S/C21H21N3O4/c22-20(27)14-7-10-18-17(11-14)23-21(24(18)15-3-1-2-4-15)13-5-8-16(9-6-13)28-12-19(25)26/h5-11,15H,1-4,12H2,(H2,22,27)(H,25,26). The summed E-state index contributed by atoms with van der Waals surface area (Å²) in [6.45, 7) is -0.379. The lowest BCUT2D eigenvalue weighted by Gasteiger charge is -2.16. The monoisotopic (exact) mass is 379 g/mol. The number of aromatic nitrogens is 2. The highest BCUT2D eigenvalue weighted by atomic mass is 16.5. The van der Waals surface area contributed by atoms with Gasteiger partial charge in [0.1, 0.15) is 11.6 Å². The van der Waals surface area contributed by atoms with E-state index >= 15 is 0 Å². The van der Waals surface area contributed by atoms with Gasteiger partial charge in [-0.3, -0.25) is 4.79 Å². The Morgan fingerprint density at radius 1 is 1.14 bits per heavy atom. The molecule has 1 saturated carbocycles. The molecular weight excluding hydrogens is 358 g/mol. The topological polar surface area (TPSA) is 107 Å². The van der Waals surface area contributed by atoms with E-state index in [-0.39, 0.29) is 6.61 Å². The SMILES string of the molecule is NC(=O)c1ccc2c(c1)nc(-c1ccc(OCC(=O)O)cc1)n2C1CCCC1. The second-order valence-electron chi connectivity index (χ2n) is 7.02. The maximum Gasteiger partial charge on any atom is 0.341 e. The number of carbonyl (C=O) groups is 2. The van der Waals surface area contributed by atoms with Gasteiger partial charge in [-0.05, 0) is 55.3 Å². The first kappa shape index (κ1) is 18.0. The lowest BCUT2D eigenvalue weighted by atomic mass is 10.1. The third-order valence-corrected chi connectivity index (χ3v) is 5.14.